The van der Waals surface area contributed by atoms with Crippen LogP contribution in [0.25, 0.3) is 28.2 Å². The molecule has 4 aromatic rings. The maximum Gasteiger partial charge on any atom is 0.156 e. The van der Waals surface area contributed by atoms with E-state index in [0.29, 0.717) is 16.2 Å². The van der Waals surface area contributed by atoms with E-state index >= 15 is 0 Å². The average Bonchev–Trinajstić information content (AvgIpc) is 3.02. The largest absolute Gasteiger partial charge is 0.507 e. The van der Waals surface area contributed by atoms with Crippen molar-refractivity contribution >= 4 is 17.2 Å². The topological polar surface area (TPSA) is 50.4 Å². The van der Waals surface area contributed by atoms with Gasteiger partial charge in [0.05, 0.1) is 11.4 Å². The molecule has 2 aromatic carbocycles. The molecule has 112 valence electrons. The molecule has 0 atom stereocenters. The molecule has 4 nitrogen and oxygen atoms in total. The van der Waals surface area contributed by atoms with Crippen molar-refractivity contribution in [2.24, 2.45) is 0 Å². The van der Waals surface area contributed by atoms with Gasteiger partial charge < -0.3 is 5.11 Å². The molecule has 0 saturated heterocycles. The molecule has 0 aliphatic carbocycles. The zero-order valence-corrected chi connectivity index (χ0v) is 12.8. The first-order valence-corrected chi connectivity index (χ1v) is 7.49. The van der Waals surface area contributed by atoms with Crippen molar-refractivity contribution in [1.29, 1.82) is 0 Å². The van der Waals surface area contributed by atoms with Crippen LogP contribution in [0.2, 0.25) is 5.02 Å². The fourth-order valence-electron chi connectivity index (χ4n) is 2.56. The van der Waals surface area contributed by atoms with Gasteiger partial charge in [-0.25, -0.2) is 9.50 Å². The van der Waals surface area contributed by atoms with E-state index in [1.165, 1.54) is 0 Å². The predicted molar refractivity (Wildman–Crippen MR) is 90.5 cm³/mol. The monoisotopic (exact) mass is 321 g/mol. The predicted octanol–water partition coefficient (Wildman–Crippen LogP) is 4.42. The molecule has 1 N–H and O–H groups in total. The lowest BCUT2D eigenvalue weighted by Crippen LogP contribution is -1.96. The Morgan fingerprint density at radius 1 is 0.957 bits per heavy atom. The number of benzene rings is 2. The summed E-state index contributed by atoms with van der Waals surface area (Å²) in [5.74, 6) is 0.152. The average molecular weight is 322 g/mol. The lowest BCUT2D eigenvalue weighted by Gasteiger charge is -2.07. The highest BCUT2D eigenvalue weighted by atomic mass is 35.5. The number of rotatable bonds is 2. The molecule has 23 heavy (non-hydrogen) atoms. The normalized spacial score (nSPS) is 11.0. The van der Waals surface area contributed by atoms with Crippen LogP contribution in [0.1, 0.15) is 0 Å². The van der Waals surface area contributed by atoms with Crippen LogP contribution in [-0.4, -0.2) is 19.7 Å². The van der Waals surface area contributed by atoms with Gasteiger partial charge in [-0.15, -0.1) is 0 Å². The van der Waals surface area contributed by atoms with Gasteiger partial charge in [-0.05, 0) is 24.3 Å². The number of phenolic OH excluding ortho intramolecular Hbond substituents is 1. The first kappa shape index (κ1) is 13.8. The standard InChI is InChI=1S/C18H12ClN3O/c19-13-6-7-17(23)14(10-13)16-8-9-20-18-11-15(21-22(16)18)12-4-2-1-3-5-12/h1-11,23H. The Hall–Kier alpha value is -2.85. The first-order chi connectivity index (χ1) is 11.2. The fourth-order valence-corrected chi connectivity index (χ4v) is 2.73. The summed E-state index contributed by atoms with van der Waals surface area (Å²) in [5.41, 5.74) is 3.90. The van der Waals surface area contributed by atoms with Crippen molar-refractivity contribution in [3.05, 3.63) is 71.9 Å². The van der Waals surface area contributed by atoms with E-state index in [0.717, 1.165) is 17.0 Å². The van der Waals surface area contributed by atoms with E-state index < -0.39 is 0 Å². The van der Waals surface area contributed by atoms with Crippen LogP contribution < -0.4 is 0 Å². The van der Waals surface area contributed by atoms with Crippen LogP contribution in [-0.2, 0) is 0 Å². The summed E-state index contributed by atoms with van der Waals surface area (Å²) < 4.78 is 1.72. The van der Waals surface area contributed by atoms with Crippen molar-refractivity contribution in [3.8, 4) is 28.3 Å². The van der Waals surface area contributed by atoms with Crippen molar-refractivity contribution in [2.75, 3.05) is 0 Å². The third-order valence-electron chi connectivity index (χ3n) is 3.66. The van der Waals surface area contributed by atoms with Crippen molar-refractivity contribution in [2.45, 2.75) is 0 Å². The Morgan fingerprint density at radius 3 is 2.61 bits per heavy atom. The van der Waals surface area contributed by atoms with Gasteiger partial charge in [0.1, 0.15) is 5.75 Å². The van der Waals surface area contributed by atoms with Gasteiger partial charge in [-0.2, -0.15) is 5.10 Å². The van der Waals surface area contributed by atoms with E-state index in [2.05, 4.69) is 10.1 Å². The maximum absolute atomic E-state index is 10.2. The van der Waals surface area contributed by atoms with E-state index in [1.807, 2.05) is 36.4 Å². The van der Waals surface area contributed by atoms with E-state index in [4.69, 9.17) is 11.6 Å². The summed E-state index contributed by atoms with van der Waals surface area (Å²) in [4.78, 5) is 4.35. The van der Waals surface area contributed by atoms with Gasteiger partial charge in [0.15, 0.2) is 5.65 Å². The van der Waals surface area contributed by atoms with Crippen LogP contribution in [0.15, 0.2) is 66.9 Å². The maximum atomic E-state index is 10.2. The Bertz CT molecular complexity index is 996. The van der Waals surface area contributed by atoms with Gasteiger partial charge in [-0.1, -0.05) is 41.9 Å². The summed E-state index contributed by atoms with van der Waals surface area (Å²) in [6.45, 7) is 0. The third-order valence-corrected chi connectivity index (χ3v) is 3.90. The van der Waals surface area contributed by atoms with Crippen LogP contribution in [0, 0.1) is 0 Å². The number of aromatic nitrogens is 3. The smallest absolute Gasteiger partial charge is 0.156 e. The molecule has 2 aromatic heterocycles. The lowest BCUT2D eigenvalue weighted by molar-refractivity contribution is 0.477. The minimum absolute atomic E-state index is 0.152. The minimum Gasteiger partial charge on any atom is -0.507 e. The van der Waals surface area contributed by atoms with Crippen molar-refractivity contribution in [3.63, 3.8) is 0 Å². The number of fused-ring (bicyclic) bond motifs is 1. The third kappa shape index (κ3) is 2.43. The number of hydrogen-bond donors (Lipinski definition) is 1. The summed E-state index contributed by atoms with van der Waals surface area (Å²) >= 11 is 6.06. The van der Waals surface area contributed by atoms with Crippen molar-refractivity contribution < 1.29 is 5.11 Å². The molecule has 0 amide bonds. The fraction of sp³-hybridized carbons (Fsp3) is 0. The highest BCUT2D eigenvalue weighted by molar-refractivity contribution is 6.30. The van der Waals surface area contributed by atoms with Gasteiger partial charge >= 0.3 is 0 Å². The molecule has 2 heterocycles. The quantitative estimate of drug-likeness (QED) is 0.594. The van der Waals surface area contributed by atoms with Crippen LogP contribution >= 0.6 is 11.6 Å². The number of halogens is 1. The van der Waals surface area contributed by atoms with Crippen LogP contribution in [0.5, 0.6) is 5.75 Å². The molecule has 0 spiro atoms. The molecule has 0 aliphatic heterocycles. The van der Waals surface area contributed by atoms with Crippen LogP contribution in [0.4, 0.5) is 0 Å². The second-order valence-electron chi connectivity index (χ2n) is 5.16. The molecular weight excluding hydrogens is 310 g/mol. The van der Waals surface area contributed by atoms with Crippen LogP contribution in [0.3, 0.4) is 0 Å². The van der Waals surface area contributed by atoms with Gasteiger partial charge in [0, 0.05) is 28.4 Å². The number of nitrogens with zero attached hydrogens (tertiary/aromatic N) is 3. The Morgan fingerprint density at radius 2 is 1.78 bits per heavy atom. The number of aromatic hydroxyl groups is 1. The minimum atomic E-state index is 0.152. The van der Waals surface area contributed by atoms with Gasteiger partial charge in [-0.3, -0.25) is 0 Å². The van der Waals surface area contributed by atoms with E-state index in [9.17, 15) is 5.11 Å². The molecule has 0 aliphatic rings. The van der Waals surface area contributed by atoms with E-state index in [1.54, 1.807) is 35.0 Å². The molecule has 0 fully saturated rings. The molecule has 0 bridgehead atoms. The summed E-state index contributed by atoms with van der Waals surface area (Å²) in [5, 5.41) is 15.3. The second-order valence-corrected chi connectivity index (χ2v) is 5.59. The highest BCUT2D eigenvalue weighted by Crippen LogP contribution is 2.32. The second kappa shape index (κ2) is 5.41. The summed E-state index contributed by atoms with van der Waals surface area (Å²) in [6, 6.07) is 18.6. The summed E-state index contributed by atoms with van der Waals surface area (Å²) in [7, 11) is 0. The summed E-state index contributed by atoms with van der Waals surface area (Å²) in [6.07, 6.45) is 1.70. The lowest BCUT2D eigenvalue weighted by atomic mass is 10.1. The molecular formula is C18H12ClN3O. The Labute approximate surface area is 137 Å². The SMILES string of the molecule is Oc1ccc(Cl)cc1-c1ccnc2cc(-c3ccccc3)nn12. The molecule has 0 unspecified atom stereocenters. The van der Waals surface area contributed by atoms with Crippen molar-refractivity contribution in [1.82, 2.24) is 14.6 Å². The molecule has 4 rings (SSSR count). The van der Waals surface area contributed by atoms with Gasteiger partial charge in [0.25, 0.3) is 0 Å². The van der Waals surface area contributed by atoms with Gasteiger partial charge in [0.2, 0.25) is 0 Å². The highest BCUT2D eigenvalue weighted by Gasteiger charge is 2.12. The zero-order valence-electron chi connectivity index (χ0n) is 12.0. The number of hydrogen-bond acceptors (Lipinski definition) is 3. The molecule has 0 radical (unpaired) electrons. The Kier molecular flexibility index (Phi) is 3.24. The zero-order chi connectivity index (χ0) is 15.8. The van der Waals surface area contributed by atoms with E-state index in [-0.39, 0.29) is 5.75 Å². The first-order valence-electron chi connectivity index (χ1n) is 7.11. The molecule has 0 saturated carbocycles. The Balaban J connectivity index is 1.95. The molecule has 5 heteroatoms. The number of phenols is 1.